The minimum Gasteiger partial charge on any atom is -0.461 e. The molecule has 0 amide bonds. The number of hydrogen-bond acceptors (Lipinski definition) is 9. The summed E-state index contributed by atoms with van der Waals surface area (Å²) in [7, 11) is 0. The van der Waals surface area contributed by atoms with Gasteiger partial charge in [-0.3, -0.25) is 0 Å². The molecule has 160 valence electrons. The second-order valence-electron chi connectivity index (χ2n) is 6.35. The van der Waals surface area contributed by atoms with Crippen LogP contribution in [0.5, 0.6) is 6.01 Å². The van der Waals surface area contributed by atoms with E-state index in [9.17, 15) is 4.39 Å². The zero-order valence-corrected chi connectivity index (χ0v) is 16.9. The van der Waals surface area contributed by atoms with Gasteiger partial charge in [0.1, 0.15) is 5.82 Å². The average Bonchev–Trinajstić information content (AvgIpc) is 2.69. The van der Waals surface area contributed by atoms with Crippen LogP contribution in [0, 0.1) is 5.82 Å². The van der Waals surface area contributed by atoms with Crippen LogP contribution in [-0.2, 0) is 16.0 Å². The van der Waals surface area contributed by atoms with Crippen LogP contribution >= 0.6 is 0 Å². The quantitative estimate of drug-likeness (QED) is 0.402. The number of nitrogens with two attached hydrogens (primary N) is 1. The van der Waals surface area contributed by atoms with E-state index in [1.54, 1.807) is 12.1 Å². The molecule has 0 saturated heterocycles. The molecule has 1 aromatic carbocycles. The molecule has 0 saturated carbocycles. The Hall–Kier alpha value is -2.56. The molecule has 2 aromatic rings. The number of nitrogens with one attached hydrogen (secondary N) is 2. The zero-order valence-electron chi connectivity index (χ0n) is 16.9. The molecular weight excluding hydrogens is 379 g/mol. The maximum Gasteiger partial charge on any atom is 0.323 e. The fraction of sp³-hybridized carbons (Fsp3) is 0.526. The third kappa shape index (κ3) is 9.46. The van der Waals surface area contributed by atoms with Gasteiger partial charge < -0.3 is 30.6 Å². The Morgan fingerprint density at radius 2 is 1.59 bits per heavy atom. The van der Waals surface area contributed by atoms with Gasteiger partial charge in [-0.2, -0.15) is 15.0 Å². The molecule has 4 N–H and O–H groups in total. The van der Waals surface area contributed by atoms with Crippen molar-refractivity contribution in [1.82, 2.24) is 15.0 Å². The predicted octanol–water partition coefficient (Wildman–Crippen LogP) is 1.81. The molecule has 29 heavy (non-hydrogen) atoms. The number of nitrogens with zero attached hydrogens (tertiary/aromatic N) is 3. The predicted molar refractivity (Wildman–Crippen MR) is 108 cm³/mol. The Morgan fingerprint density at radius 1 is 0.931 bits per heavy atom. The van der Waals surface area contributed by atoms with E-state index in [1.165, 1.54) is 12.1 Å². The van der Waals surface area contributed by atoms with Gasteiger partial charge >= 0.3 is 6.01 Å². The van der Waals surface area contributed by atoms with Gasteiger partial charge in [0, 0.05) is 19.6 Å². The van der Waals surface area contributed by atoms with Gasteiger partial charge in [0.15, 0.2) is 0 Å². The number of halogens is 1. The molecule has 0 fully saturated rings. The van der Waals surface area contributed by atoms with Crippen LogP contribution in [0.1, 0.15) is 19.4 Å². The first-order valence-electron chi connectivity index (χ1n) is 9.57. The van der Waals surface area contributed by atoms with Gasteiger partial charge in [-0.05, 0) is 31.5 Å². The van der Waals surface area contributed by atoms with E-state index < -0.39 is 0 Å². The van der Waals surface area contributed by atoms with E-state index >= 15 is 0 Å². The SMILES string of the molecule is CC(C)Oc1nc(NCCOCCOCCN)nc(NCc2ccc(F)cc2)n1. The molecule has 9 nitrogen and oxygen atoms in total. The number of hydrogen-bond donors (Lipinski definition) is 3. The van der Waals surface area contributed by atoms with Gasteiger partial charge in [0.2, 0.25) is 11.9 Å². The lowest BCUT2D eigenvalue weighted by atomic mass is 10.2. The highest BCUT2D eigenvalue weighted by Crippen LogP contribution is 2.14. The van der Waals surface area contributed by atoms with Crippen molar-refractivity contribution < 1.29 is 18.6 Å². The Morgan fingerprint density at radius 3 is 2.24 bits per heavy atom. The van der Waals surface area contributed by atoms with Gasteiger partial charge in [-0.15, -0.1) is 0 Å². The summed E-state index contributed by atoms with van der Waals surface area (Å²) in [5, 5.41) is 6.19. The zero-order chi connectivity index (χ0) is 20.9. The Bertz CT molecular complexity index is 718. The fourth-order valence-electron chi connectivity index (χ4n) is 2.20. The molecule has 0 spiro atoms. The van der Waals surface area contributed by atoms with Crippen LogP contribution < -0.4 is 21.1 Å². The summed E-state index contributed by atoms with van der Waals surface area (Å²) in [6, 6.07) is 6.43. The van der Waals surface area contributed by atoms with Gasteiger partial charge in [0.25, 0.3) is 0 Å². The molecule has 0 radical (unpaired) electrons. The first-order valence-corrected chi connectivity index (χ1v) is 9.57. The Labute approximate surface area is 170 Å². The second kappa shape index (κ2) is 12.8. The topological polar surface area (TPSA) is 116 Å². The van der Waals surface area contributed by atoms with Crippen molar-refractivity contribution in [3.05, 3.63) is 35.6 Å². The number of benzene rings is 1. The third-order valence-electron chi connectivity index (χ3n) is 3.48. The molecule has 2 rings (SSSR count). The Balaban J connectivity index is 1.87. The fourth-order valence-corrected chi connectivity index (χ4v) is 2.20. The highest BCUT2D eigenvalue weighted by molar-refractivity contribution is 5.36. The molecule has 0 aliphatic rings. The van der Waals surface area contributed by atoms with Crippen LogP contribution in [0.25, 0.3) is 0 Å². The minimum atomic E-state index is -0.277. The van der Waals surface area contributed by atoms with Crippen LogP contribution in [-0.4, -0.2) is 60.6 Å². The second-order valence-corrected chi connectivity index (χ2v) is 6.35. The lowest BCUT2D eigenvalue weighted by Crippen LogP contribution is -2.17. The first kappa shape index (κ1) is 22.7. The minimum absolute atomic E-state index is 0.0768. The first-order chi connectivity index (χ1) is 14.1. The van der Waals surface area contributed by atoms with Crippen molar-refractivity contribution in [2.45, 2.75) is 26.5 Å². The molecule has 10 heteroatoms. The monoisotopic (exact) mass is 408 g/mol. The molecule has 1 aromatic heterocycles. The van der Waals surface area contributed by atoms with Crippen molar-refractivity contribution in [3.8, 4) is 6.01 Å². The number of anilines is 2. The maximum atomic E-state index is 13.0. The largest absolute Gasteiger partial charge is 0.461 e. The lowest BCUT2D eigenvalue weighted by Gasteiger charge is -2.12. The van der Waals surface area contributed by atoms with Gasteiger partial charge in [-0.1, -0.05) is 12.1 Å². The summed E-state index contributed by atoms with van der Waals surface area (Å²) in [5.74, 6) is 0.458. The van der Waals surface area contributed by atoms with E-state index in [-0.39, 0.29) is 17.9 Å². The molecule has 0 bridgehead atoms. The summed E-state index contributed by atoms with van der Waals surface area (Å²) in [6.07, 6.45) is -0.0768. The number of aromatic nitrogens is 3. The van der Waals surface area contributed by atoms with E-state index in [2.05, 4.69) is 25.6 Å². The standard InChI is InChI=1S/C19H29FN6O3/c1-14(2)29-19-25-17(22-8-10-28-12-11-27-9-7-21)24-18(26-19)23-13-15-3-5-16(20)6-4-15/h3-6,14H,7-13,21H2,1-2H3,(H2,22,23,24,25,26). The third-order valence-corrected chi connectivity index (χ3v) is 3.48. The van der Waals surface area contributed by atoms with Crippen molar-refractivity contribution in [2.75, 3.05) is 50.2 Å². The summed E-state index contributed by atoms with van der Waals surface area (Å²) < 4.78 is 29.3. The summed E-state index contributed by atoms with van der Waals surface area (Å²) in [4.78, 5) is 12.9. The van der Waals surface area contributed by atoms with E-state index in [0.717, 1.165) is 5.56 Å². The Kier molecular flexibility index (Phi) is 10.0. The van der Waals surface area contributed by atoms with E-state index in [1.807, 2.05) is 13.8 Å². The molecular formula is C19H29FN6O3. The smallest absolute Gasteiger partial charge is 0.323 e. The summed E-state index contributed by atoms with van der Waals surface area (Å²) in [5.41, 5.74) is 6.25. The van der Waals surface area contributed by atoms with Gasteiger partial charge in [0.05, 0.1) is 32.5 Å². The average molecular weight is 408 g/mol. The van der Waals surface area contributed by atoms with Crippen molar-refractivity contribution >= 4 is 11.9 Å². The highest BCUT2D eigenvalue weighted by Gasteiger charge is 2.09. The molecule has 0 unspecified atom stereocenters. The highest BCUT2D eigenvalue weighted by atomic mass is 19.1. The number of rotatable bonds is 14. The van der Waals surface area contributed by atoms with Gasteiger partial charge in [-0.25, -0.2) is 4.39 Å². The van der Waals surface area contributed by atoms with Crippen LogP contribution in [0.3, 0.4) is 0 Å². The molecule has 0 atom stereocenters. The van der Waals surface area contributed by atoms with Crippen molar-refractivity contribution in [1.29, 1.82) is 0 Å². The maximum absolute atomic E-state index is 13.0. The summed E-state index contributed by atoms with van der Waals surface area (Å²) >= 11 is 0. The molecule has 0 aliphatic heterocycles. The summed E-state index contributed by atoms with van der Waals surface area (Å²) in [6.45, 7) is 7.23. The van der Waals surface area contributed by atoms with Crippen molar-refractivity contribution in [2.24, 2.45) is 5.73 Å². The van der Waals surface area contributed by atoms with Crippen LogP contribution in [0.2, 0.25) is 0 Å². The normalized spacial score (nSPS) is 10.9. The van der Waals surface area contributed by atoms with Crippen LogP contribution in [0.4, 0.5) is 16.3 Å². The van der Waals surface area contributed by atoms with Crippen LogP contribution in [0.15, 0.2) is 24.3 Å². The number of ether oxygens (including phenoxy) is 3. The van der Waals surface area contributed by atoms with Crippen molar-refractivity contribution in [3.63, 3.8) is 0 Å². The molecule has 1 heterocycles. The van der Waals surface area contributed by atoms with E-state index in [4.69, 9.17) is 19.9 Å². The molecule has 0 aliphatic carbocycles. The van der Waals surface area contributed by atoms with E-state index in [0.29, 0.717) is 58.0 Å². The lowest BCUT2D eigenvalue weighted by molar-refractivity contribution is 0.0547.